The quantitative estimate of drug-likeness (QED) is 0.456. The molecule has 0 unspecified atom stereocenters. The summed E-state index contributed by atoms with van der Waals surface area (Å²) in [5.74, 6) is 1.01. The number of benzene rings is 3. The van der Waals surface area contributed by atoms with Crippen molar-refractivity contribution in [2.45, 2.75) is 26.4 Å². The highest BCUT2D eigenvalue weighted by molar-refractivity contribution is 5.95. The number of allylic oxidation sites excluding steroid dienone is 1. The molecule has 5 nitrogen and oxygen atoms in total. The number of aromatic hydroxyl groups is 2. The molecule has 0 saturated carbocycles. The van der Waals surface area contributed by atoms with E-state index in [1.54, 1.807) is 12.1 Å². The summed E-state index contributed by atoms with van der Waals surface area (Å²) < 4.78 is 26.5. The molecule has 1 saturated heterocycles. The van der Waals surface area contributed by atoms with Gasteiger partial charge in [0.25, 0.3) is 0 Å². The molecule has 0 radical (unpaired) electrons. The molecule has 3 aromatic carbocycles. The van der Waals surface area contributed by atoms with Crippen molar-refractivity contribution in [1.82, 2.24) is 4.90 Å². The van der Waals surface area contributed by atoms with Gasteiger partial charge >= 0.3 is 0 Å². The van der Waals surface area contributed by atoms with Crippen LogP contribution in [-0.2, 0) is 0 Å². The van der Waals surface area contributed by atoms with Crippen molar-refractivity contribution in [2.24, 2.45) is 5.92 Å². The zero-order chi connectivity index (χ0) is 24.5. The monoisotopic (exact) mass is 475 g/mol. The van der Waals surface area contributed by atoms with E-state index in [1.165, 1.54) is 18.6 Å². The van der Waals surface area contributed by atoms with Crippen molar-refractivity contribution in [3.8, 4) is 23.0 Å². The Labute approximate surface area is 205 Å². The number of hydrogen-bond acceptors (Lipinski definition) is 5. The van der Waals surface area contributed by atoms with E-state index < -0.39 is 17.7 Å². The maximum Gasteiger partial charge on any atom is 0.165 e. The third-order valence-electron chi connectivity index (χ3n) is 6.91. The lowest BCUT2D eigenvalue weighted by Gasteiger charge is -2.31. The highest BCUT2D eigenvalue weighted by Crippen LogP contribution is 2.48. The smallest absolute Gasteiger partial charge is 0.165 e. The molecule has 0 bridgehead atoms. The number of fused-ring (bicyclic) bond motifs is 1. The second-order valence-electron chi connectivity index (χ2n) is 9.50. The Morgan fingerprint density at radius 3 is 2.49 bits per heavy atom. The zero-order valence-corrected chi connectivity index (χ0v) is 20.0. The van der Waals surface area contributed by atoms with Crippen LogP contribution in [0.25, 0.3) is 11.1 Å². The van der Waals surface area contributed by atoms with Crippen molar-refractivity contribution < 1.29 is 24.1 Å². The van der Waals surface area contributed by atoms with Crippen molar-refractivity contribution in [2.75, 3.05) is 26.2 Å². The van der Waals surface area contributed by atoms with E-state index in [1.807, 2.05) is 43.3 Å². The van der Waals surface area contributed by atoms with E-state index in [2.05, 4.69) is 11.8 Å². The predicted octanol–water partition coefficient (Wildman–Crippen LogP) is 6.02. The Morgan fingerprint density at radius 2 is 1.80 bits per heavy atom. The fraction of sp³-hybridized carbons (Fsp3) is 0.310. The molecule has 2 N–H and O–H groups in total. The summed E-state index contributed by atoms with van der Waals surface area (Å²) in [5, 5.41) is 19.7. The molecule has 182 valence electrons. The number of hydrogen-bond donors (Lipinski definition) is 2. The lowest BCUT2D eigenvalue weighted by Crippen LogP contribution is -2.25. The minimum atomic E-state index is -0.694. The second kappa shape index (κ2) is 9.62. The van der Waals surface area contributed by atoms with Crippen LogP contribution in [0.15, 0.2) is 60.7 Å². The second-order valence-corrected chi connectivity index (χ2v) is 9.50. The van der Waals surface area contributed by atoms with E-state index in [0.717, 1.165) is 53.6 Å². The van der Waals surface area contributed by atoms with E-state index in [9.17, 15) is 14.6 Å². The maximum absolute atomic E-state index is 14.2. The minimum Gasteiger partial charge on any atom is -0.508 e. The summed E-state index contributed by atoms with van der Waals surface area (Å²) in [6, 6.07) is 17.3. The van der Waals surface area contributed by atoms with Crippen LogP contribution in [0.3, 0.4) is 0 Å². The van der Waals surface area contributed by atoms with E-state index >= 15 is 0 Å². The van der Waals surface area contributed by atoms with Crippen LogP contribution < -0.4 is 9.47 Å². The van der Waals surface area contributed by atoms with Crippen molar-refractivity contribution >= 4 is 11.1 Å². The first-order valence-electron chi connectivity index (χ1n) is 12.0. The number of phenols is 2. The average Bonchev–Trinajstić information content (AvgIpc) is 3.26. The first-order chi connectivity index (χ1) is 16.9. The van der Waals surface area contributed by atoms with Crippen molar-refractivity contribution in [1.29, 1.82) is 0 Å². The summed E-state index contributed by atoms with van der Waals surface area (Å²) in [6.45, 7) is 8.03. The molecule has 1 fully saturated rings. The Kier molecular flexibility index (Phi) is 6.39. The van der Waals surface area contributed by atoms with Gasteiger partial charge in [0.05, 0.1) is 0 Å². The normalized spacial score (nSPS) is 20.0. The Hall–Kier alpha value is -3.51. The van der Waals surface area contributed by atoms with Crippen molar-refractivity contribution in [3.05, 3.63) is 83.2 Å². The fourth-order valence-electron chi connectivity index (χ4n) is 4.97. The molecule has 2 heterocycles. The number of nitrogens with zero attached hydrogens (tertiary/aromatic N) is 1. The summed E-state index contributed by atoms with van der Waals surface area (Å²) in [4.78, 5) is 2.43. The highest BCUT2D eigenvalue weighted by atomic mass is 19.1. The summed E-state index contributed by atoms with van der Waals surface area (Å²) in [7, 11) is 0. The molecule has 6 heteroatoms. The molecule has 2 atom stereocenters. The van der Waals surface area contributed by atoms with E-state index in [-0.39, 0.29) is 5.75 Å². The number of rotatable bonds is 6. The molecule has 0 aliphatic carbocycles. The molecule has 0 aromatic heterocycles. The molecular formula is C29H30FNO4. The van der Waals surface area contributed by atoms with Crippen LogP contribution >= 0.6 is 0 Å². The molecular weight excluding hydrogens is 445 g/mol. The van der Waals surface area contributed by atoms with Gasteiger partial charge in [-0.15, -0.1) is 0 Å². The van der Waals surface area contributed by atoms with Gasteiger partial charge in [0.15, 0.2) is 11.6 Å². The zero-order valence-electron chi connectivity index (χ0n) is 20.0. The first-order valence-corrected chi connectivity index (χ1v) is 12.0. The van der Waals surface area contributed by atoms with Gasteiger partial charge in [-0.2, -0.15) is 0 Å². The molecule has 0 spiro atoms. The first kappa shape index (κ1) is 23.2. The van der Waals surface area contributed by atoms with Gasteiger partial charge < -0.3 is 19.7 Å². The fourth-order valence-corrected chi connectivity index (χ4v) is 4.97. The van der Waals surface area contributed by atoms with E-state index in [4.69, 9.17) is 9.47 Å². The van der Waals surface area contributed by atoms with Crippen molar-refractivity contribution in [3.63, 3.8) is 0 Å². The molecule has 2 aliphatic heterocycles. The van der Waals surface area contributed by atoms with Gasteiger partial charge in [-0.05, 0) is 72.8 Å². The van der Waals surface area contributed by atoms with Gasteiger partial charge in [-0.3, -0.25) is 4.90 Å². The van der Waals surface area contributed by atoms with Gasteiger partial charge in [0, 0.05) is 30.3 Å². The number of phenolic OH excluding ortho intramolecular Hbond substituents is 2. The predicted molar refractivity (Wildman–Crippen MR) is 134 cm³/mol. The van der Waals surface area contributed by atoms with Gasteiger partial charge in [0.2, 0.25) is 0 Å². The average molecular weight is 476 g/mol. The molecule has 2 aliphatic rings. The van der Waals surface area contributed by atoms with Crippen LogP contribution in [0.5, 0.6) is 23.0 Å². The Bertz CT molecular complexity index is 1240. The van der Waals surface area contributed by atoms with Crippen LogP contribution in [0.4, 0.5) is 4.39 Å². The summed E-state index contributed by atoms with van der Waals surface area (Å²) in [5.41, 5.74) is 4.09. The van der Waals surface area contributed by atoms with E-state index in [0.29, 0.717) is 17.9 Å². The largest absolute Gasteiger partial charge is 0.508 e. The Balaban J connectivity index is 1.41. The molecule has 3 aromatic rings. The lowest BCUT2D eigenvalue weighted by atomic mass is 9.86. The molecule has 0 amide bonds. The topological polar surface area (TPSA) is 62.2 Å². The standard InChI is InChI=1S/C29H30FNO4/c1-18-11-12-31(17-18)13-14-34-23-9-5-21(6-10-23)29-28(20-3-7-22(32)8-4-20)19(2)24-15-25(30)26(33)16-27(24)35-29/h3-10,15-16,18,29,32-33H,11-14,17H2,1-2H3/t18-,29+/m1/s1. The van der Waals surface area contributed by atoms with Crippen LogP contribution in [0.2, 0.25) is 0 Å². The maximum atomic E-state index is 14.2. The number of likely N-dealkylation sites (tertiary alicyclic amines) is 1. The molecule has 35 heavy (non-hydrogen) atoms. The van der Waals surface area contributed by atoms with Gasteiger partial charge in [-0.1, -0.05) is 31.2 Å². The van der Waals surface area contributed by atoms with Gasteiger partial charge in [0.1, 0.15) is 30.0 Å². The SMILES string of the molecule is CC1=C(c2ccc(O)cc2)[C@H](c2ccc(OCCN3CC[C@@H](C)C3)cc2)Oc2cc(O)c(F)cc21. The third kappa shape index (κ3) is 4.84. The molecule has 5 rings (SSSR count). The Morgan fingerprint density at radius 1 is 1.06 bits per heavy atom. The highest BCUT2D eigenvalue weighted by Gasteiger charge is 2.30. The minimum absolute atomic E-state index is 0.168. The number of ether oxygens (including phenoxy) is 2. The summed E-state index contributed by atoms with van der Waals surface area (Å²) >= 11 is 0. The third-order valence-corrected chi connectivity index (χ3v) is 6.91. The summed E-state index contributed by atoms with van der Waals surface area (Å²) in [6.07, 6.45) is 0.775. The number of halogens is 1. The van der Waals surface area contributed by atoms with Crippen LogP contribution in [0.1, 0.15) is 43.1 Å². The van der Waals surface area contributed by atoms with Gasteiger partial charge in [-0.25, -0.2) is 4.39 Å². The van der Waals surface area contributed by atoms with Crippen LogP contribution in [0, 0.1) is 11.7 Å². The van der Waals surface area contributed by atoms with Crippen LogP contribution in [-0.4, -0.2) is 41.4 Å². The lowest BCUT2D eigenvalue weighted by molar-refractivity contribution is 0.233.